The van der Waals surface area contributed by atoms with Crippen LogP contribution in [-0.4, -0.2) is 29.7 Å². The second-order valence-corrected chi connectivity index (χ2v) is 5.06. The summed E-state index contributed by atoms with van der Waals surface area (Å²) in [5.41, 5.74) is 0. The van der Waals surface area contributed by atoms with Crippen LogP contribution in [0.25, 0.3) is 0 Å². The molecule has 4 nitrogen and oxygen atoms in total. The molecule has 1 saturated carbocycles. The molecule has 1 N–H and O–H groups in total. The Morgan fingerprint density at radius 3 is 2.73 bits per heavy atom. The fourth-order valence-electron chi connectivity index (χ4n) is 1.74. The molecule has 5 heteroatoms. The number of aromatic nitrogens is 2. The van der Waals surface area contributed by atoms with Crippen molar-refractivity contribution in [1.29, 1.82) is 0 Å². The number of halogens is 1. The van der Waals surface area contributed by atoms with Crippen LogP contribution in [-0.2, 0) is 0 Å². The first kappa shape index (κ1) is 11.1. The van der Waals surface area contributed by atoms with Gasteiger partial charge in [0.05, 0.1) is 0 Å². The lowest BCUT2D eigenvalue weighted by Gasteiger charge is -2.34. The fraction of sp³-hybridized carbons (Fsp3) is 0.600. The summed E-state index contributed by atoms with van der Waals surface area (Å²) in [6.07, 6.45) is 6.06. The van der Waals surface area contributed by atoms with Gasteiger partial charge in [-0.3, -0.25) is 0 Å². The third-order valence-electron chi connectivity index (χ3n) is 2.55. The highest BCUT2D eigenvalue weighted by molar-refractivity contribution is 14.1. The maximum absolute atomic E-state index is 5.63. The Labute approximate surface area is 103 Å². The monoisotopic (exact) mass is 319 g/mol. The van der Waals surface area contributed by atoms with E-state index in [0.29, 0.717) is 12.1 Å². The molecule has 0 spiro atoms. The van der Waals surface area contributed by atoms with Gasteiger partial charge in [-0.2, -0.15) is 0 Å². The summed E-state index contributed by atoms with van der Waals surface area (Å²) in [5.74, 6) is 0.754. The number of ether oxygens (including phenoxy) is 1. The van der Waals surface area contributed by atoms with E-state index < -0.39 is 0 Å². The summed E-state index contributed by atoms with van der Waals surface area (Å²) in [6.45, 7) is 1.08. The van der Waals surface area contributed by atoms with Crippen LogP contribution in [0.4, 0.5) is 0 Å². The number of hydrogen-bond donors (Lipinski definition) is 1. The third-order valence-corrected chi connectivity index (χ3v) is 3.11. The minimum absolute atomic E-state index is 0.309. The SMILES string of the molecule is CNCC1CC(Oc2ncc(I)cn2)C1. The first-order chi connectivity index (χ1) is 7.28. The Bertz CT molecular complexity index is 311. The number of nitrogens with zero attached hydrogens (tertiary/aromatic N) is 2. The molecule has 15 heavy (non-hydrogen) atoms. The van der Waals surface area contributed by atoms with Crippen molar-refractivity contribution in [3.8, 4) is 6.01 Å². The van der Waals surface area contributed by atoms with Crippen molar-refractivity contribution in [2.24, 2.45) is 5.92 Å². The highest BCUT2D eigenvalue weighted by Gasteiger charge is 2.30. The van der Waals surface area contributed by atoms with Crippen molar-refractivity contribution in [3.63, 3.8) is 0 Å². The molecule has 0 unspecified atom stereocenters. The van der Waals surface area contributed by atoms with Crippen LogP contribution in [0.15, 0.2) is 12.4 Å². The van der Waals surface area contributed by atoms with E-state index in [2.05, 4.69) is 37.9 Å². The molecule has 1 aromatic heterocycles. The van der Waals surface area contributed by atoms with Crippen molar-refractivity contribution >= 4 is 22.6 Å². The number of nitrogens with one attached hydrogen (secondary N) is 1. The Kier molecular flexibility index (Phi) is 3.74. The maximum atomic E-state index is 5.63. The molecule has 0 radical (unpaired) electrons. The molecular formula is C10H14IN3O. The lowest BCUT2D eigenvalue weighted by molar-refractivity contribution is 0.0572. The molecule has 1 fully saturated rings. The minimum atomic E-state index is 0.309. The van der Waals surface area contributed by atoms with E-state index in [1.54, 1.807) is 12.4 Å². The largest absolute Gasteiger partial charge is 0.460 e. The molecule has 0 saturated heterocycles. The van der Waals surface area contributed by atoms with Gasteiger partial charge in [0.2, 0.25) is 0 Å². The van der Waals surface area contributed by atoms with Crippen molar-refractivity contribution in [2.75, 3.05) is 13.6 Å². The minimum Gasteiger partial charge on any atom is -0.460 e. The van der Waals surface area contributed by atoms with Gasteiger partial charge in [-0.1, -0.05) is 0 Å². The maximum Gasteiger partial charge on any atom is 0.316 e. The zero-order chi connectivity index (χ0) is 10.7. The summed E-state index contributed by atoms with van der Waals surface area (Å²) in [4.78, 5) is 8.23. The van der Waals surface area contributed by atoms with Gasteiger partial charge in [0.15, 0.2) is 0 Å². The summed E-state index contributed by atoms with van der Waals surface area (Å²) in [6, 6.07) is 0.503. The average molecular weight is 319 g/mol. The molecule has 82 valence electrons. The van der Waals surface area contributed by atoms with Crippen LogP contribution in [0.2, 0.25) is 0 Å². The fourth-order valence-corrected chi connectivity index (χ4v) is 2.01. The summed E-state index contributed by atoms with van der Waals surface area (Å²) in [7, 11) is 1.98. The van der Waals surface area contributed by atoms with Crippen LogP contribution < -0.4 is 10.1 Å². The van der Waals surface area contributed by atoms with Gasteiger partial charge in [-0.15, -0.1) is 0 Å². The summed E-state index contributed by atoms with van der Waals surface area (Å²) >= 11 is 2.18. The van der Waals surface area contributed by atoms with Crippen molar-refractivity contribution in [1.82, 2.24) is 15.3 Å². The average Bonchev–Trinajstić information content (AvgIpc) is 2.18. The van der Waals surface area contributed by atoms with Crippen molar-refractivity contribution < 1.29 is 4.74 Å². The Morgan fingerprint density at radius 2 is 2.13 bits per heavy atom. The van der Waals surface area contributed by atoms with E-state index in [4.69, 9.17) is 4.74 Å². The zero-order valence-electron chi connectivity index (χ0n) is 8.61. The first-order valence-corrected chi connectivity index (χ1v) is 6.14. The van der Waals surface area contributed by atoms with E-state index >= 15 is 0 Å². The molecule has 0 aromatic carbocycles. The topological polar surface area (TPSA) is 47.0 Å². The highest BCUT2D eigenvalue weighted by Crippen LogP contribution is 2.29. The van der Waals surface area contributed by atoms with E-state index in [9.17, 15) is 0 Å². The van der Waals surface area contributed by atoms with Gasteiger partial charge < -0.3 is 10.1 Å². The van der Waals surface area contributed by atoms with E-state index in [0.717, 1.165) is 28.9 Å². The van der Waals surface area contributed by atoms with Crippen molar-refractivity contribution in [3.05, 3.63) is 16.0 Å². The summed E-state index contributed by atoms with van der Waals surface area (Å²) < 4.78 is 6.66. The summed E-state index contributed by atoms with van der Waals surface area (Å²) in [5, 5.41) is 3.17. The van der Waals surface area contributed by atoms with Gasteiger partial charge in [0.1, 0.15) is 6.10 Å². The van der Waals surface area contributed by atoms with E-state index in [-0.39, 0.29) is 0 Å². The number of hydrogen-bond acceptors (Lipinski definition) is 4. The zero-order valence-corrected chi connectivity index (χ0v) is 10.8. The van der Waals surface area contributed by atoms with Crippen LogP contribution in [0, 0.1) is 9.49 Å². The second-order valence-electron chi connectivity index (χ2n) is 3.82. The van der Waals surface area contributed by atoms with Crippen LogP contribution in [0.1, 0.15) is 12.8 Å². The molecule has 1 aliphatic rings. The van der Waals surface area contributed by atoms with Crippen LogP contribution in [0.3, 0.4) is 0 Å². The van der Waals surface area contributed by atoms with Gasteiger partial charge in [-0.25, -0.2) is 9.97 Å². The Hall–Kier alpha value is -0.430. The van der Waals surface area contributed by atoms with Gasteiger partial charge in [0.25, 0.3) is 0 Å². The molecule has 1 aromatic rings. The predicted octanol–water partition coefficient (Wildman–Crippen LogP) is 1.46. The van der Waals surface area contributed by atoms with Crippen LogP contribution in [0.5, 0.6) is 6.01 Å². The quantitative estimate of drug-likeness (QED) is 0.854. The molecular weight excluding hydrogens is 305 g/mol. The molecule has 0 atom stereocenters. The van der Waals surface area contributed by atoms with Gasteiger partial charge in [-0.05, 0) is 54.9 Å². The molecule has 0 bridgehead atoms. The smallest absolute Gasteiger partial charge is 0.316 e. The third kappa shape index (κ3) is 3.01. The molecule has 0 aliphatic heterocycles. The first-order valence-electron chi connectivity index (χ1n) is 5.06. The molecule has 2 rings (SSSR count). The Morgan fingerprint density at radius 1 is 1.47 bits per heavy atom. The molecule has 1 heterocycles. The van der Waals surface area contributed by atoms with Gasteiger partial charge in [0, 0.05) is 16.0 Å². The highest BCUT2D eigenvalue weighted by atomic mass is 127. The number of rotatable bonds is 4. The van der Waals surface area contributed by atoms with Gasteiger partial charge >= 0.3 is 6.01 Å². The molecule has 0 amide bonds. The van der Waals surface area contributed by atoms with Crippen LogP contribution >= 0.6 is 22.6 Å². The lowest BCUT2D eigenvalue weighted by Crippen LogP contribution is -2.38. The second kappa shape index (κ2) is 5.07. The van der Waals surface area contributed by atoms with E-state index in [1.165, 1.54) is 0 Å². The predicted molar refractivity (Wildman–Crippen MR) is 65.8 cm³/mol. The van der Waals surface area contributed by atoms with Crippen molar-refractivity contribution in [2.45, 2.75) is 18.9 Å². The Balaban J connectivity index is 1.77. The van der Waals surface area contributed by atoms with E-state index in [1.807, 2.05) is 7.05 Å². The molecule has 1 aliphatic carbocycles. The normalized spacial score (nSPS) is 24.7. The standard InChI is InChI=1S/C10H14IN3O/c1-12-4-7-2-9(3-7)15-10-13-5-8(11)6-14-10/h5-7,9,12H,2-4H2,1H3. The lowest BCUT2D eigenvalue weighted by atomic mass is 9.82.